The summed E-state index contributed by atoms with van der Waals surface area (Å²) in [5, 5.41) is -3.59. The van der Waals surface area contributed by atoms with Gasteiger partial charge in [-0.05, 0) is 0 Å². The van der Waals surface area contributed by atoms with Crippen LogP contribution in [0.1, 0.15) is 0 Å². The summed E-state index contributed by atoms with van der Waals surface area (Å²) in [7, 11) is 0. The van der Waals surface area contributed by atoms with Crippen molar-refractivity contribution in [2.45, 2.75) is 5.13 Å². The molecule has 0 aliphatic heterocycles. The molecule has 0 bridgehead atoms. The van der Waals surface area contributed by atoms with E-state index in [1.165, 1.54) is 0 Å². The Morgan fingerprint density at radius 1 is 1.31 bits per heavy atom. The van der Waals surface area contributed by atoms with Crippen LogP contribution >= 0.6 is 23.4 Å². The molecule has 1 rings (SSSR count). The molecular formula is C6HCl2F4N. The molecule has 0 amide bonds. The van der Waals surface area contributed by atoms with E-state index in [1.54, 1.807) is 0 Å². The Bertz CT molecular complexity index is 332. The number of rotatable bonds is 0. The second-order valence-electron chi connectivity index (χ2n) is 2.16. The molecule has 0 fully saturated rings. The smallest absolute Gasteiger partial charge is 0.210 e. The highest BCUT2D eigenvalue weighted by Crippen LogP contribution is 2.42. The first-order valence-electron chi connectivity index (χ1n) is 2.91. The molecule has 72 valence electrons. The van der Waals surface area contributed by atoms with E-state index < -0.39 is 28.3 Å². The van der Waals surface area contributed by atoms with Crippen molar-refractivity contribution in [1.82, 2.24) is 0 Å². The third-order valence-corrected chi connectivity index (χ3v) is 1.88. The van der Waals surface area contributed by atoms with Crippen molar-refractivity contribution >= 4 is 29.1 Å². The predicted molar refractivity (Wildman–Crippen MR) is 41.4 cm³/mol. The Kier molecular flexibility index (Phi) is 2.68. The second-order valence-corrected chi connectivity index (χ2v) is 2.85. The van der Waals surface area contributed by atoms with E-state index in [4.69, 9.17) is 23.4 Å². The molecule has 0 saturated heterocycles. The van der Waals surface area contributed by atoms with Crippen LogP contribution in [0, 0.1) is 0 Å². The molecule has 1 aliphatic rings. The van der Waals surface area contributed by atoms with Gasteiger partial charge in [0.15, 0.2) is 17.5 Å². The van der Waals surface area contributed by atoms with Crippen LogP contribution in [0.25, 0.3) is 0 Å². The van der Waals surface area contributed by atoms with Crippen LogP contribution in [-0.4, -0.2) is 10.8 Å². The highest BCUT2D eigenvalue weighted by Gasteiger charge is 2.45. The molecule has 1 unspecified atom stereocenters. The monoisotopic (exact) mass is 233 g/mol. The van der Waals surface area contributed by atoms with E-state index in [0.717, 1.165) is 0 Å². The summed E-state index contributed by atoms with van der Waals surface area (Å²) in [5.74, 6) is -5.50. The molecule has 0 aromatic heterocycles. The van der Waals surface area contributed by atoms with Gasteiger partial charge in [-0.15, -0.1) is 0 Å². The molecule has 0 N–H and O–H groups in total. The number of hydrogen-bond donors (Lipinski definition) is 0. The van der Waals surface area contributed by atoms with Crippen LogP contribution in [0.5, 0.6) is 0 Å². The van der Waals surface area contributed by atoms with Gasteiger partial charge in [0.05, 0.1) is 0 Å². The standard InChI is InChI=1S/C6HCl2F4N/c7-6(12)3(9)1-2(13-8)4(10)5(6)11/h1H/b13-2+. The van der Waals surface area contributed by atoms with Gasteiger partial charge in [0.1, 0.15) is 5.71 Å². The minimum absolute atomic E-state index is 0.276. The lowest BCUT2D eigenvalue weighted by Crippen LogP contribution is -2.23. The number of alkyl halides is 2. The van der Waals surface area contributed by atoms with Crippen molar-refractivity contribution in [3.8, 4) is 0 Å². The minimum Gasteiger partial charge on any atom is -0.210 e. The fourth-order valence-corrected chi connectivity index (χ4v) is 0.951. The van der Waals surface area contributed by atoms with Crippen LogP contribution in [-0.2, 0) is 0 Å². The topological polar surface area (TPSA) is 12.4 Å². The maximum atomic E-state index is 12.8. The molecule has 0 aromatic carbocycles. The zero-order chi connectivity index (χ0) is 10.2. The summed E-state index contributed by atoms with van der Waals surface area (Å²) >= 11 is 9.48. The van der Waals surface area contributed by atoms with Crippen LogP contribution in [0.15, 0.2) is 28.1 Å². The third-order valence-electron chi connectivity index (χ3n) is 1.35. The van der Waals surface area contributed by atoms with Gasteiger partial charge in [-0.1, -0.05) is 11.6 Å². The van der Waals surface area contributed by atoms with Crippen molar-refractivity contribution in [3.63, 3.8) is 0 Å². The summed E-state index contributed by atoms with van der Waals surface area (Å²) in [6, 6.07) is 0. The Hall–Kier alpha value is -0.550. The van der Waals surface area contributed by atoms with E-state index in [-0.39, 0.29) is 6.08 Å². The van der Waals surface area contributed by atoms with Crippen LogP contribution in [0.3, 0.4) is 0 Å². The first kappa shape index (κ1) is 10.5. The molecule has 1 aliphatic carbocycles. The van der Waals surface area contributed by atoms with Crippen molar-refractivity contribution < 1.29 is 17.6 Å². The first-order chi connectivity index (χ1) is 5.91. The molecule has 7 heteroatoms. The van der Waals surface area contributed by atoms with E-state index in [1.807, 2.05) is 0 Å². The van der Waals surface area contributed by atoms with E-state index in [9.17, 15) is 17.6 Å². The molecule has 1 atom stereocenters. The average molecular weight is 234 g/mol. The van der Waals surface area contributed by atoms with Crippen LogP contribution in [0.4, 0.5) is 17.6 Å². The maximum Gasteiger partial charge on any atom is 0.289 e. The SMILES string of the molecule is FC1=C/C(=N\Cl)C(F)=C(F)C1(F)Cl. The predicted octanol–water partition coefficient (Wildman–Crippen LogP) is 3.50. The quantitative estimate of drug-likeness (QED) is 0.449. The molecule has 0 aromatic rings. The number of nitrogens with zero attached hydrogens (tertiary/aromatic N) is 1. The van der Waals surface area contributed by atoms with Gasteiger partial charge < -0.3 is 0 Å². The summed E-state index contributed by atoms with van der Waals surface area (Å²) in [5.41, 5.74) is -0.842. The van der Waals surface area contributed by atoms with Crippen LogP contribution < -0.4 is 0 Å². The maximum absolute atomic E-state index is 12.8. The fraction of sp³-hybridized carbons (Fsp3) is 0.167. The second kappa shape index (κ2) is 3.31. The van der Waals surface area contributed by atoms with Crippen molar-refractivity contribution in [2.24, 2.45) is 4.51 Å². The van der Waals surface area contributed by atoms with Gasteiger partial charge in [0, 0.05) is 17.9 Å². The lowest BCUT2D eigenvalue weighted by atomic mass is 10.1. The molecule has 0 spiro atoms. The molecule has 1 nitrogen and oxygen atoms in total. The van der Waals surface area contributed by atoms with Crippen LogP contribution in [0.2, 0.25) is 0 Å². The lowest BCUT2D eigenvalue weighted by Gasteiger charge is -2.18. The van der Waals surface area contributed by atoms with E-state index in [2.05, 4.69) is 4.51 Å². The van der Waals surface area contributed by atoms with Crippen molar-refractivity contribution in [2.75, 3.05) is 0 Å². The van der Waals surface area contributed by atoms with E-state index >= 15 is 0 Å². The number of allylic oxidation sites excluding steroid dienone is 4. The fourth-order valence-electron chi connectivity index (χ4n) is 0.691. The number of hydrogen-bond acceptors (Lipinski definition) is 1. The van der Waals surface area contributed by atoms with E-state index in [0.29, 0.717) is 0 Å². The molecule has 0 radical (unpaired) electrons. The Balaban J connectivity index is 3.30. The summed E-state index contributed by atoms with van der Waals surface area (Å²) in [6.45, 7) is 0. The van der Waals surface area contributed by atoms with Gasteiger partial charge in [0.2, 0.25) is 0 Å². The average Bonchev–Trinajstić information content (AvgIpc) is 2.09. The highest BCUT2D eigenvalue weighted by molar-refractivity contribution is 6.30. The molecule has 0 heterocycles. The Morgan fingerprint density at radius 3 is 2.31 bits per heavy atom. The largest absolute Gasteiger partial charge is 0.289 e. The van der Waals surface area contributed by atoms with Gasteiger partial charge in [-0.2, -0.15) is 4.51 Å². The minimum atomic E-state index is -3.59. The van der Waals surface area contributed by atoms with Gasteiger partial charge in [-0.25, -0.2) is 17.6 Å². The highest BCUT2D eigenvalue weighted by atomic mass is 35.5. The number of halogens is 6. The lowest BCUT2D eigenvalue weighted by molar-refractivity contribution is 0.266. The van der Waals surface area contributed by atoms with Crippen molar-refractivity contribution in [3.05, 3.63) is 23.6 Å². The zero-order valence-corrected chi connectivity index (χ0v) is 7.30. The first-order valence-corrected chi connectivity index (χ1v) is 3.63. The normalized spacial score (nSPS) is 32.5. The van der Waals surface area contributed by atoms with Crippen molar-refractivity contribution in [1.29, 1.82) is 0 Å². The summed E-state index contributed by atoms with van der Waals surface area (Å²) in [4.78, 5) is 0. The third kappa shape index (κ3) is 1.58. The van der Waals surface area contributed by atoms with Gasteiger partial charge in [0.25, 0.3) is 5.13 Å². The zero-order valence-electron chi connectivity index (χ0n) is 5.79. The van der Waals surface area contributed by atoms with Gasteiger partial charge in [-0.3, -0.25) is 0 Å². The molecule has 13 heavy (non-hydrogen) atoms. The summed E-state index contributed by atoms with van der Waals surface area (Å²) < 4.78 is 53.3. The molecular weight excluding hydrogens is 233 g/mol. The Labute approximate surface area is 80.5 Å². The van der Waals surface area contributed by atoms with Gasteiger partial charge >= 0.3 is 0 Å². The Morgan fingerprint density at radius 2 is 1.85 bits per heavy atom. The summed E-state index contributed by atoms with van der Waals surface area (Å²) in [6.07, 6.45) is 0.276. The molecule has 0 saturated carbocycles.